The van der Waals surface area contributed by atoms with Gasteiger partial charge >= 0.3 is 0 Å². The van der Waals surface area contributed by atoms with Crippen LogP contribution in [-0.2, 0) is 11.3 Å². The number of amides is 1. The zero-order chi connectivity index (χ0) is 11.2. The van der Waals surface area contributed by atoms with E-state index in [1.165, 1.54) is 24.1 Å². The molecule has 1 aliphatic heterocycles. The standard InChI is InChI=1S/C12H18N2OS/c15-12(10-14-6-2-1-3-7-14)13-9-11-5-4-8-16-11/h4-5,8H,1-3,6-7,9-10H2,(H,13,15). The number of nitrogens with one attached hydrogen (secondary N) is 1. The molecule has 0 bridgehead atoms. The Morgan fingerprint density at radius 2 is 2.19 bits per heavy atom. The molecule has 0 aliphatic carbocycles. The Balaban J connectivity index is 1.67. The summed E-state index contributed by atoms with van der Waals surface area (Å²) in [4.78, 5) is 15.1. The summed E-state index contributed by atoms with van der Waals surface area (Å²) >= 11 is 1.68. The van der Waals surface area contributed by atoms with E-state index < -0.39 is 0 Å². The van der Waals surface area contributed by atoms with Gasteiger partial charge in [-0.1, -0.05) is 12.5 Å². The van der Waals surface area contributed by atoms with Crippen LogP contribution in [0.2, 0.25) is 0 Å². The van der Waals surface area contributed by atoms with Gasteiger partial charge in [0, 0.05) is 4.88 Å². The quantitative estimate of drug-likeness (QED) is 0.868. The van der Waals surface area contributed by atoms with Gasteiger partial charge in [-0.15, -0.1) is 11.3 Å². The molecule has 0 spiro atoms. The fraction of sp³-hybridized carbons (Fsp3) is 0.583. The van der Waals surface area contributed by atoms with Gasteiger partial charge in [-0.05, 0) is 37.4 Å². The fourth-order valence-corrected chi connectivity index (χ4v) is 2.62. The first-order valence-corrected chi connectivity index (χ1v) is 6.74. The largest absolute Gasteiger partial charge is 0.350 e. The predicted octanol–water partition coefficient (Wildman–Crippen LogP) is 1.85. The third-order valence-corrected chi connectivity index (χ3v) is 3.73. The molecule has 1 N–H and O–H groups in total. The molecule has 4 heteroatoms. The maximum Gasteiger partial charge on any atom is 0.234 e. The number of thiophene rings is 1. The zero-order valence-corrected chi connectivity index (χ0v) is 10.3. The summed E-state index contributed by atoms with van der Waals surface area (Å²) < 4.78 is 0. The van der Waals surface area contributed by atoms with Crippen molar-refractivity contribution in [2.45, 2.75) is 25.8 Å². The molecule has 0 saturated carbocycles. The van der Waals surface area contributed by atoms with Gasteiger partial charge < -0.3 is 5.32 Å². The lowest BCUT2D eigenvalue weighted by atomic mass is 10.1. The molecule has 1 aromatic heterocycles. The first kappa shape index (κ1) is 11.6. The molecule has 16 heavy (non-hydrogen) atoms. The maximum absolute atomic E-state index is 11.7. The number of carbonyl (C=O) groups excluding carboxylic acids is 1. The van der Waals surface area contributed by atoms with Crippen LogP contribution >= 0.6 is 11.3 Å². The summed E-state index contributed by atoms with van der Waals surface area (Å²) in [7, 11) is 0. The van der Waals surface area contributed by atoms with Crippen LogP contribution in [0.25, 0.3) is 0 Å². The highest BCUT2D eigenvalue weighted by Crippen LogP contribution is 2.09. The normalized spacial score (nSPS) is 17.2. The summed E-state index contributed by atoms with van der Waals surface area (Å²) in [6.07, 6.45) is 3.78. The monoisotopic (exact) mass is 238 g/mol. The molecule has 0 atom stereocenters. The minimum atomic E-state index is 0.148. The Hall–Kier alpha value is -0.870. The van der Waals surface area contributed by atoms with Crippen LogP contribution in [0.15, 0.2) is 17.5 Å². The van der Waals surface area contributed by atoms with Crippen molar-refractivity contribution in [3.05, 3.63) is 22.4 Å². The molecule has 1 saturated heterocycles. The molecule has 2 heterocycles. The summed E-state index contributed by atoms with van der Waals surface area (Å²) in [5.41, 5.74) is 0. The Kier molecular flexibility index (Phi) is 4.36. The lowest BCUT2D eigenvalue weighted by Crippen LogP contribution is -2.39. The number of hydrogen-bond acceptors (Lipinski definition) is 3. The molecule has 1 fully saturated rings. The van der Waals surface area contributed by atoms with Gasteiger partial charge in [0.1, 0.15) is 0 Å². The lowest BCUT2D eigenvalue weighted by Gasteiger charge is -2.25. The van der Waals surface area contributed by atoms with E-state index in [4.69, 9.17) is 0 Å². The van der Waals surface area contributed by atoms with E-state index >= 15 is 0 Å². The van der Waals surface area contributed by atoms with Crippen LogP contribution in [-0.4, -0.2) is 30.4 Å². The smallest absolute Gasteiger partial charge is 0.234 e. The Morgan fingerprint density at radius 1 is 1.38 bits per heavy atom. The van der Waals surface area contributed by atoms with E-state index in [0.29, 0.717) is 13.1 Å². The van der Waals surface area contributed by atoms with Gasteiger partial charge in [0.15, 0.2) is 0 Å². The second-order valence-corrected chi connectivity index (χ2v) is 5.23. The maximum atomic E-state index is 11.7. The summed E-state index contributed by atoms with van der Waals surface area (Å²) in [6, 6.07) is 4.06. The number of carbonyl (C=O) groups is 1. The van der Waals surface area contributed by atoms with Crippen molar-refractivity contribution in [2.24, 2.45) is 0 Å². The van der Waals surface area contributed by atoms with E-state index in [-0.39, 0.29) is 5.91 Å². The van der Waals surface area contributed by atoms with E-state index in [9.17, 15) is 4.79 Å². The second-order valence-electron chi connectivity index (χ2n) is 4.19. The number of piperidine rings is 1. The molecule has 3 nitrogen and oxygen atoms in total. The molecule has 2 rings (SSSR count). The molecule has 0 radical (unpaired) electrons. The van der Waals surface area contributed by atoms with Crippen molar-refractivity contribution < 1.29 is 4.79 Å². The summed E-state index contributed by atoms with van der Waals surface area (Å²) in [6.45, 7) is 3.38. The second kappa shape index (κ2) is 6.01. The molecule has 0 unspecified atom stereocenters. The van der Waals surface area contributed by atoms with Crippen molar-refractivity contribution in [2.75, 3.05) is 19.6 Å². The topological polar surface area (TPSA) is 32.3 Å². The Morgan fingerprint density at radius 3 is 2.88 bits per heavy atom. The Labute approximate surface area is 100 Å². The van der Waals surface area contributed by atoms with Crippen LogP contribution in [0.4, 0.5) is 0 Å². The first-order chi connectivity index (χ1) is 7.84. The van der Waals surface area contributed by atoms with Crippen molar-refractivity contribution in [3.63, 3.8) is 0 Å². The predicted molar refractivity (Wildman–Crippen MR) is 66.5 cm³/mol. The van der Waals surface area contributed by atoms with Crippen LogP contribution in [0.3, 0.4) is 0 Å². The molecule has 0 aromatic carbocycles. The highest BCUT2D eigenvalue weighted by molar-refractivity contribution is 7.09. The minimum absolute atomic E-state index is 0.148. The van der Waals surface area contributed by atoms with Crippen molar-refractivity contribution in [3.8, 4) is 0 Å². The fourth-order valence-electron chi connectivity index (χ4n) is 1.98. The van der Waals surface area contributed by atoms with E-state index in [2.05, 4.69) is 10.2 Å². The van der Waals surface area contributed by atoms with Crippen molar-refractivity contribution in [1.82, 2.24) is 10.2 Å². The third-order valence-electron chi connectivity index (χ3n) is 2.86. The van der Waals surface area contributed by atoms with Crippen molar-refractivity contribution >= 4 is 17.2 Å². The summed E-state index contributed by atoms with van der Waals surface area (Å²) in [5.74, 6) is 0.148. The van der Waals surface area contributed by atoms with Gasteiger partial charge in [0.25, 0.3) is 0 Å². The third kappa shape index (κ3) is 3.61. The first-order valence-electron chi connectivity index (χ1n) is 5.86. The number of nitrogens with zero attached hydrogens (tertiary/aromatic N) is 1. The molecule has 1 amide bonds. The highest BCUT2D eigenvalue weighted by Gasteiger charge is 2.13. The van der Waals surface area contributed by atoms with Crippen molar-refractivity contribution in [1.29, 1.82) is 0 Å². The van der Waals surface area contributed by atoms with Gasteiger partial charge in [-0.25, -0.2) is 0 Å². The van der Waals surface area contributed by atoms with Crippen LogP contribution in [0.5, 0.6) is 0 Å². The number of hydrogen-bond donors (Lipinski definition) is 1. The van der Waals surface area contributed by atoms with Crippen LogP contribution < -0.4 is 5.32 Å². The van der Waals surface area contributed by atoms with Gasteiger partial charge in [-0.3, -0.25) is 9.69 Å². The molecular weight excluding hydrogens is 220 g/mol. The summed E-state index contributed by atoms with van der Waals surface area (Å²) in [5, 5.41) is 5.00. The molecular formula is C12H18N2OS. The molecule has 1 aromatic rings. The minimum Gasteiger partial charge on any atom is -0.350 e. The highest BCUT2D eigenvalue weighted by atomic mass is 32.1. The molecule has 88 valence electrons. The molecule has 1 aliphatic rings. The zero-order valence-electron chi connectivity index (χ0n) is 9.45. The SMILES string of the molecule is O=C(CN1CCCCC1)NCc1cccs1. The van der Waals surface area contributed by atoms with Gasteiger partial charge in [-0.2, -0.15) is 0 Å². The Bertz CT molecular complexity index is 318. The van der Waals surface area contributed by atoms with E-state index in [1.807, 2.05) is 17.5 Å². The average Bonchev–Trinajstić information content (AvgIpc) is 2.81. The van der Waals surface area contributed by atoms with E-state index in [1.54, 1.807) is 11.3 Å². The number of rotatable bonds is 4. The van der Waals surface area contributed by atoms with Crippen LogP contribution in [0, 0.1) is 0 Å². The average molecular weight is 238 g/mol. The van der Waals surface area contributed by atoms with Gasteiger partial charge in [0.05, 0.1) is 13.1 Å². The lowest BCUT2D eigenvalue weighted by molar-refractivity contribution is -0.122. The van der Waals surface area contributed by atoms with Crippen LogP contribution in [0.1, 0.15) is 24.1 Å². The number of likely N-dealkylation sites (tertiary alicyclic amines) is 1. The van der Waals surface area contributed by atoms with E-state index in [0.717, 1.165) is 13.1 Å². The van der Waals surface area contributed by atoms with Gasteiger partial charge in [0.2, 0.25) is 5.91 Å².